The Bertz CT molecular complexity index is 1030. The highest BCUT2D eigenvalue weighted by Crippen LogP contribution is 2.26. The quantitative estimate of drug-likeness (QED) is 0.329. The maximum atomic E-state index is 13.2. The van der Waals surface area contributed by atoms with Crippen molar-refractivity contribution in [3.05, 3.63) is 54.1 Å². The molecule has 2 amide bonds. The number of carbonyl (C=O) groups excluding carboxylic acids is 2. The third kappa shape index (κ3) is 10.4. The Morgan fingerprint density at radius 2 is 1.57 bits per heavy atom. The molecule has 9 heteroatoms. The van der Waals surface area contributed by atoms with Crippen LogP contribution >= 0.6 is 0 Å². The minimum Gasteiger partial charge on any atom is -0.497 e. The minimum atomic E-state index is -1.09. The standard InChI is InChI=1S/C28H38N2O7/c1-28(2,3)30-27(34)22(17-19-12-14-21(35-4)15-13-19)29-26(33)20(18-25(31)32)9-8-16-37-24-11-7-6-10-23(24)36-5/h6-7,10-15,20,22H,8-9,16-18H2,1-5H3,(H,29,33)(H,30,34)(H,31,32)/t20-,22+/m1/s1. The van der Waals surface area contributed by atoms with Crippen molar-refractivity contribution < 1.29 is 33.7 Å². The highest BCUT2D eigenvalue weighted by molar-refractivity contribution is 5.90. The van der Waals surface area contributed by atoms with Gasteiger partial charge in [0.05, 0.1) is 27.2 Å². The Hall–Kier alpha value is -3.75. The van der Waals surface area contributed by atoms with E-state index in [0.717, 1.165) is 5.56 Å². The number of carboxylic acid groups (broad SMARTS) is 1. The highest BCUT2D eigenvalue weighted by Gasteiger charge is 2.29. The fourth-order valence-electron chi connectivity index (χ4n) is 3.74. The SMILES string of the molecule is COc1ccc(C[C@H](NC(=O)[C@H](CCCOc2ccccc2OC)CC(=O)O)C(=O)NC(C)(C)C)cc1. The number of carbonyl (C=O) groups is 3. The number of amides is 2. The number of para-hydroxylation sites is 2. The van der Waals surface area contributed by atoms with Gasteiger partial charge in [-0.25, -0.2) is 0 Å². The van der Waals surface area contributed by atoms with Crippen LogP contribution in [0.2, 0.25) is 0 Å². The molecule has 0 aliphatic heterocycles. The zero-order valence-electron chi connectivity index (χ0n) is 22.2. The summed E-state index contributed by atoms with van der Waals surface area (Å²) >= 11 is 0. The Morgan fingerprint density at radius 3 is 2.14 bits per heavy atom. The second-order valence-electron chi connectivity index (χ2n) is 9.79. The summed E-state index contributed by atoms with van der Waals surface area (Å²) in [4.78, 5) is 37.7. The molecule has 0 radical (unpaired) electrons. The fraction of sp³-hybridized carbons (Fsp3) is 0.464. The van der Waals surface area contributed by atoms with Crippen LogP contribution in [0.1, 0.15) is 45.6 Å². The Kier molecular flexibility index (Phi) is 11.2. The summed E-state index contributed by atoms with van der Waals surface area (Å²) in [6.07, 6.45) is 0.620. The molecular weight excluding hydrogens is 476 g/mol. The summed E-state index contributed by atoms with van der Waals surface area (Å²) in [6.45, 7) is 5.84. The summed E-state index contributed by atoms with van der Waals surface area (Å²) in [5, 5.41) is 15.1. The van der Waals surface area contributed by atoms with E-state index in [1.165, 1.54) is 0 Å². The lowest BCUT2D eigenvalue weighted by atomic mass is 9.96. The van der Waals surface area contributed by atoms with Gasteiger partial charge in [-0.1, -0.05) is 24.3 Å². The van der Waals surface area contributed by atoms with Gasteiger partial charge >= 0.3 is 5.97 Å². The van der Waals surface area contributed by atoms with Crippen molar-refractivity contribution in [1.82, 2.24) is 10.6 Å². The lowest BCUT2D eigenvalue weighted by molar-refractivity contribution is -0.141. The predicted molar refractivity (Wildman–Crippen MR) is 140 cm³/mol. The van der Waals surface area contributed by atoms with Gasteiger partial charge in [0.15, 0.2) is 11.5 Å². The number of nitrogens with one attached hydrogen (secondary N) is 2. The molecule has 2 aromatic carbocycles. The van der Waals surface area contributed by atoms with E-state index < -0.39 is 29.4 Å². The van der Waals surface area contributed by atoms with Gasteiger partial charge in [-0.2, -0.15) is 0 Å². The predicted octanol–water partition coefficient (Wildman–Crippen LogP) is 3.60. The Morgan fingerprint density at radius 1 is 0.919 bits per heavy atom. The number of hydrogen-bond acceptors (Lipinski definition) is 6. The summed E-state index contributed by atoms with van der Waals surface area (Å²) in [5.74, 6) is -0.889. The zero-order chi connectivity index (χ0) is 27.4. The van der Waals surface area contributed by atoms with E-state index in [0.29, 0.717) is 23.7 Å². The van der Waals surface area contributed by atoms with Gasteiger partial charge in [-0.05, 0) is 63.4 Å². The van der Waals surface area contributed by atoms with Crippen molar-refractivity contribution in [3.63, 3.8) is 0 Å². The maximum Gasteiger partial charge on any atom is 0.304 e. The average Bonchev–Trinajstić information content (AvgIpc) is 2.84. The van der Waals surface area contributed by atoms with E-state index in [9.17, 15) is 19.5 Å². The number of hydrogen-bond donors (Lipinski definition) is 3. The number of benzene rings is 2. The smallest absolute Gasteiger partial charge is 0.304 e. The summed E-state index contributed by atoms with van der Waals surface area (Å²) in [5.41, 5.74) is 0.325. The number of rotatable bonds is 14. The van der Waals surface area contributed by atoms with E-state index in [4.69, 9.17) is 14.2 Å². The van der Waals surface area contributed by atoms with Gasteiger partial charge in [-0.3, -0.25) is 14.4 Å². The van der Waals surface area contributed by atoms with Crippen LogP contribution in [0.3, 0.4) is 0 Å². The van der Waals surface area contributed by atoms with E-state index in [1.54, 1.807) is 38.5 Å². The fourth-order valence-corrected chi connectivity index (χ4v) is 3.74. The molecule has 37 heavy (non-hydrogen) atoms. The molecule has 0 saturated carbocycles. The molecule has 0 heterocycles. The number of methoxy groups -OCH3 is 2. The lowest BCUT2D eigenvalue weighted by Crippen LogP contribution is -2.54. The first-order chi connectivity index (χ1) is 17.5. The third-order valence-electron chi connectivity index (χ3n) is 5.55. The van der Waals surface area contributed by atoms with Gasteiger partial charge in [0.2, 0.25) is 11.8 Å². The van der Waals surface area contributed by atoms with Gasteiger partial charge < -0.3 is 30.0 Å². The van der Waals surface area contributed by atoms with Crippen LogP contribution in [-0.2, 0) is 20.8 Å². The van der Waals surface area contributed by atoms with Gasteiger partial charge in [0.1, 0.15) is 11.8 Å². The monoisotopic (exact) mass is 514 g/mol. The topological polar surface area (TPSA) is 123 Å². The molecule has 0 fully saturated rings. The molecular formula is C28H38N2O7. The minimum absolute atomic E-state index is 0.244. The molecule has 2 atom stereocenters. The normalized spacial score (nSPS) is 12.7. The molecule has 0 aromatic heterocycles. The van der Waals surface area contributed by atoms with Crippen molar-refractivity contribution in [1.29, 1.82) is 0 Å². The molecule has 0 saturated heterocycles. The number of carboxylic acids is 1. The van der Waals surface area contributed by atoms with Crippen molar-refractivity contribution >= 4 is 17.8 Å². The van der Waals surface area contributed by atoms with Gasteiger partial charge in [0, 0.05) is 17.9 Å². The third-order valence-corrected chi connectivity index (χ3v) is 5.55. The first kappa shape index (κ1) is 29.5. The molecule has 0 unspecified atom stereocenters. The molecule has 0 spiro atoms. The van der Waals surface area contributed by atoms with Crippen molar-refractivity contribution in [2.24, 2.45) is 5.92 Å². The lowest BCUT2D eigenvalue weighted by Gasteiger charge is -2.27. The average molecular weight is 515 g/mol. The molecule has 0 aliphatic rings. The van der Waals surface area contributed by atoms with Gasteiger partial charge in [0.25, 0.3) is 0 Å². The maximum absolute atomic E-state index is 13.2. The summed E-state index contributed by atoms with van der Waals surface area (Å²) in [6, 6.07) is 13.6. The van der Waals surface area contributed by atoms with Crippen LogP contribution in [0, 0.1) is 5.92 Å². The first-order valence-corrected chi connectivity index (χ1v) is 12.3. The Labute approximate surface area is 218 Å². The van der Waals surface area contributed by atoms with E-state index in [2.05, 4.69) is 10.6 Å². The molecule has 0 bridgehead atoms. The summed E-state index contributed by atoms with van der Waals surface area (Å²) < 4.78 is 16.2. The highest BCUT2D eigenvalue weighted by atomic mass is 16.5. The van der Waals surface area contributed by atoms with Crippen molar-refractivity contribution in [2.45, 2.75) is 58.0 Å². The largest absolute Gasteiger partial charge is 0.497 e. The van der Waals surface area contributed by atoms with Gasteiger partial charge in [-0.15, -0.1) is 0 Å². The molecule has 2 rings (SSSR count). The van der Waals surface area contributed by atoms with E-state index >= 15 is 0 Å². The first-order valence-electron chi connectivity index (χ1n) is 12.3. The van der Waals surface area contributed by atoms with E-state index in [1.807, 2.05) is 45.0 Å². The molecule has 2 aromatic rings. The van der Waals surface area contributed by atoms with Crippen LogP contribution in [0.4, 0.5) is 0 Å². The van der Waals surface area contributed by atoms with Crippen molar-refractivity contribution in [3.8, 4) is 17.2 Å². The van der Waals surface area contributed by atoms with Crippen LogP contribution in [0.5, 0.6) is 17.2 Å². The van der Waals surface area contributed by atoms with Crippen LogP contribution in [-0.4, -0.2) is 55.3 Å². The molecule has 9 nitrogen and oxygen atoms in total. The van der Waals surface area contributed by atoms with Crippen LogP contribution in [0.25, 0.3) is 0 Å². The number of aliphatic carboxylic acids is 1. The summed E-state index contributed by atoms with van der Waals surface area (Å²) in [7, 11) is 3.12. The second kappa shape index (κ2) is 14.1. The van der Waals surface area contributed by atoms with Crippen molar-refractivity contribution in [2.75, 3.05) is 20.8 Å². The van der Waals surface area contributed by atoms with Crippen LogP contribution in [0.15, 0.2) is 48.5 Å². The molecule has 3 N–H and O–H groups in total. The zero-order valence-corrected chi connectivity index (χ0v) is 22.2. The van der Waals surface area contributed by atoms with Crippen LogP contribution < -0.4 is 24.8 Å². The molecule has 0 aliphatic carbocycles. The second-order valence-corrected chi connectivity index (χ2v) is 9.79. The molecule has 202 valence electrons. The Balaban J connectivity index is 2.08. The number of ether oxygens (including phenoxy) is 3. The van der Waals surface area contributed by atoms with E-state index in [-0.39, 0.29) is 31.8 Å².